The van der Waals surface area contributed by atoms with Crippen LogP contribution in [0.4, 0.5) is 0 Å². The van der Waals surface area contributed by atoms with Crippen LogP contribution in [0.2, 0.25) is 0 Å². The number of nitrogens with zero attached hydrogens (tertiary/aromatic N) is 1. The Hall–Kier alpha value is -2.61. The maximum atomic E-state index is 5.62. The number of aryl methyl sites for hydroxylation is 1. The fraction of sp³-hybridized carbons (Fsp3) is 0.433. The Bertz CT molecular complexity index is 733. The number of allylic oxidation sites excluding steroid dienone is 7. The summed E-state index contributed by atoms with van der Waals surface area (Å²) in [5, 5.41) is 0. The Labute approximate surface area is 199 Å². The van der Waals surface area contributed by atoms with E-state index in [1.807, 2.05) is 39.8 Å². The largest absolute Gasteiger partial charge is 0.478 e. The predicted molar refractivity (Wildman–Crippen MR) is 147 cm³/mol. The van der Waals surface area contributed by atoms with Crippen LogP contribution in [-0.2, 0) is 11.2 Å². The molecule has 178 valence electrons. The summed E-state index contributed by atoms with van der Waals surface area (Å²) in [7, 11) is 1.78. The Morgan fingerprint density at radius 1 is 1.12 bits per heavy atom. The van der Waals surface area contributed by atoms with Gasteiger partial charge in [-0.2, -0.15) is 0 Å². The molecule has 0 saturated heterocycles. The molecule has 0 radical (unpaired) electrons. The lowest BCUT2D eigenvalue weighted by Gasteiger charge is -2.11. The number of ether oxygens (including phenoxy) is 1. The van der Waals surface area contributed by atoms with Crippen molar-refractivity contribution in [3.8, 4) is 0 Å². The van der Waals surface area contributed by atoms with E-state index in [9.17, 15) is 0 Å². The Morgan fingerprint density at radius 3 is 2.19 bits per heavy atom. The van der Waals surface area contributed by atoms with Crippen LogP contribution in [-0.4, -0.2) is 19.6 Å². The molecule has 0 N–H and O–H groups in total. The molecule has 0 aliphatic heterocycles. The number of benzene rings is 1. The second kappa shape index (κ2) is 23.1. The zero-order valence-electron chi connectivity index (χ0n) is 21.9. The molecule has 0 fully saturated rings. The van der Waals surface area contributed by atoms with E-state index >= 15 is 0 Å². The number of aliphatic imine (C=N–C) groups is 1. The third kappa shape index (κ3) is 15.2. The van der Waals surface area contributed by atoms with Crippen LogP contribution in [0.25, 0.3) is 0 Å². The zero-order valence-corrected chi connectivity index (χ0v) is 21.9. The molecular weight excluding hydrogens is 390 g/mol. The molecule has 32 heavy (non-hydrogen) atoms. The van der Waals surface area contributed by atoms with Gasteiger partial charge in [0.2, 0.25) is 5.90 Å². The van der Waals surface area contributed by atoms with E-state index in [1.54, 1.807) is 7.05 Å². The van der Waals surface area contributed by atoms with Crippen LogP contribution >= 0.6 is 0 Å². The van der Waals surface area contributed by atoms with E-state index in [1.165, 1.54) is 16.7 Å². The Balaban J connectivity index is 0. The van der Waals surface area contributed by atoms with E-state index in [-0.39, 0.29) is 0 Å². The van der Waals surface area contributed by atoms with Gasteiger partial charge in [0.1, 0.15) is 0 Å². The first-order valence-electron chi connectivity index (χ1n) is 12.0. The van der Waals surface area contributed by atoms with Crippen molar-refractivity contribution in [2.75, 3.05) is 13.7 Å². The SMILES string of the molecule is C/C=C\CC1=C(C(=NC)OCC)C=CCC(C)=C1.C=CCC.CC.CCc1ccccc1. The maximum Gasteiger partial charge on any atom is 0.216 e. The first-order valence-corrected chi connectivity index (χ1v) is 12.0. The van der Waals surface area contributed by atoms with Gasteiger partial charge in [0, 0.05) is 12.6 Å². The molecule has 0 unspecified atom stereocenters. The molecular formula is C30H47NO. The lowest BCUT2D eigenvalue weighted by atomic mass is 10.0. The number of hydrogen-bond donors (Lipinski definition) is 0. The summed E-state index contributed by atoms with van der Waals surface area (Å²) in [6.07, 6.45) is 16.8. The monoisotopic (exact) mass is 437 g/mol. The lowest BCUT2D eigenvalue weighted by Crippen LogP contribution is -2.09. The first-order chi connectivity index (χ1) is 15.6. The van der Waals surface area contributed by atoms with Crippen LogP contribution in [0.3, 0.4) is 0 Å². The molecule has 1 aliphatic carbocycles. The Morgan fingerprint density at radius 2 is 1.75 bits per heavy atom. The molecule has 2 rings (SSSR count). The molecule has 0 amide bonds. The molecule has 0 heterocycles. The van der Waals surface area contributed by atoms with Crippen molar-refractivity contribution in [3.05, 3.63) is 95.6 Å². The molecule has 0 spiro atoms. The zero-order chi connectivity index (χ0) is 24.6. The van der Waals surface area contributed by atoms with Crippen molar-refractivity contribution in [2.24, 2.45) is 4.99 Å². The second-order valence-electron chi connectivity index (χ2n) is 6.81. The van der Waals surface area contributed by atoms with Crippen LogP contribution in [0.5, 0.6) is 0 Å². The van der Waals surface area contributed by atoms with Gasteiger partial charge in [-0.1, -0.05) is 100 Å². The fourth-order valence-electron chi connectivity index (χ4n) is 2.64. The standard InChI is InChI=1S/C16H23NO.C8H10.C4H8.C2H6/c1-5-7-10-14-12-13(3)9-8-11-15(14)16(17-4)18-6-2;1-2-8-6-4-3-5-7-8;1-3-4-2;1-2/h5,7-8,11-12H,6,9-10H2,1-4H3;3-7H,2H2,1H3;3H,1,4H2,2H3;1-2H3/b7-5-,17-16?;;;. The summed E-state index contributed by atoms with van der Waals surface area (Å²) < 4.78 is 5.62. The summed E-state index contributed by atoms with van der Waals surface area (Å²) in [6.45, 7) is 18.5. The van der Waals surface area contributed by atoms with Gasteiger partial charge < -0.3 is 4.74 Å². The lowest BCUT2D eigenvalue weighted by molar-refractivity contribution is 0.327. The van der Waals surface area contributed by atoms with E-state index in [0.29, 0.717) is 6.61 Å². The van der Waals surface area contributed by atoms with Gasteiger partial charge in [-0.3, -0.25) is 4.99 Å². The quantitative estimate of drug-likeness (QED) is 0.247. The van der Waals surface area contributed by atoms with Gasteiger partial charge in [0.05, 0.1) is 6.61 Å². The second-order valence-corrected chi connectivity index (χ2v) is 6.81. The van der Waals surface area contributed by atoms with Crippen molar-refractivity contribution < 1.29 is 4.74 Å². The molecule has 0 atom stereocenters. The number of rotatable bonds is 6. The van der Waals surface area contributed by atoms with Crippen LogP contribution < -0.4 is 0 Å². The van der Waals surface area contributed by atoms with Crippen LogP contribution in [0.1, 0.15) is 73.3 Å². The summed E-state index contributed by atoms with van der Waals surface area (Å²) >= 11 is 0. The van der Waals surface area contributed by atoms with E-state index in [0.717, 1.165) is 37.2 Å². The molecule has 1 aromatic carbocycles. The minimum atomic E-state index is 0.642. The predicted octanol–water partition coefficient (Wildman–Crippen LogP) is 9.08. The highest BCUT2D eigenvalue weighted by molar-refractivity contribution is 5.97. The van der Waals surface area contributed by atoms with E-state index in [2.05, 4.69) is 87.0 Å². The van der Waals surface area contributed by atoms with Crippen molar-refractivity contribution >= 4 is 5.90 Å². The number of hydrogen-bond acceptors (Lipinski definition) is 2. The first kappa shape index (κ1) is 31.6. The van der Waals surface area contributed by atoms with Gasteiger partial charge in [0.25, 0.3) is 0 Å². The normalized spacial score (nSPS) is 12.9. The average Bonchev–Trinajstić information content (AvgIpc) is 3.04. The van der Waals surface area contributed by atoms with Gasteiger partial charge in [-0.25, -0.2) is 0 Å². The summed E-state index contributed by atoms with van der Waals surface area (Å²) in [5.74, 6) is 0.735. The summed E-state index contributed by atoms with van der Waals surface area (Å²) in [4.78, 5) is 4.26. The minimum absolute atomic E-state index is 0.642. The molecule has 1 aromatic rings. The third-order valence-corrected chi connectivity index (χ3v) is 4.32. The minimum Gasteiger partial charge on any atom is -0.478 e. The maximum absolute atomic E-state index is 5.62. The molecule has 1 aliphatic rings. The van der Waals surface area contributed by atoms with Gasteiger partial charge in [-0.05, 0) is 57.6 Å². The highest BCUT2D eigenvalue weighted by Gasteiger charge is 2.11. The highest BCUT2D eigenvalue weighted by atomic mass is 16.5. The summed E-state index contributed by atoms with van der Waals surface area (Å²) in [6, 6.07) is 10.5. The Kier molecular flexibility index (Phi) is 22.8. The molecule has 0 aromatic heterocycles. The van der Waals surface area contributed by atoms with E-state index < -0.39 is 0 Å². The molecule has 0 saturated carbocycles. The van der Waals surface area contributed by atoms with Crippen molar-refractivity contribution in [1.82, 2.24) is 0 Å². The third-order valence-electron chi connectivity index (χ3n) is 4.32. The van der Waals surface area contributed by atoms with Gasteiger partial charge >= 0.3 is 0 Å². The van der Waals surface area contributed by atoms with Gasteiger partial charge in [0.15, 0.2) is 0 Å². The van der Waals surface area contributed by atoms with Crippen LogP contribution in [0, 0.1) is 0 Å². The highest BCUT2D eigenvalue weighted by Crippen LogP contribution is 2.22. The summed E-state index contributed by atoms with van der Waals surface area (Å²) in [5.41, 5.74) is 5.16. The fourth-order valence-corrected chi connectivity index (χ4v) is 2.64. The molecule has 2 heteroatoms. The van der Waals surface area contributed by atoms with Crippen LogP contribution in [0.15, 0.2) is 95.1 Å². The van der Waals surface area contributed by atoms with E-state index in [4.69, 9.17) is 4.74 Å². The topological polar surface area (TPSA) is 21.6 Å². The molecule has 0 bridgehead atoms. The average molecular weight is 438 g/mol. The van der Waals surface area contributed by atoms with Crippen molar-refractivity contribution in [2.45, 2.75) is 74.1 Å². The molecule has 2 nitrogen and oxygen atoms in total. The van der Waals surface area contributed by atoms with Gasteiger partial charge in [-0.15, -0.1) is 6.58 Å². The smallest absolute Gasteiger partial charge is 0.216 e. The van der Waals surface area contributed by atoms with Crippen molar-refractivity contribution in [3.63, 3.8) is 0 Å². The van der Waals surface area contributed by atoms with Crippen molar-refractivity contribution in [1.29, 1.82) is 0 Å².